The molecule has 4 aromatic rings. The van der Waals surface area contributed by atoms with Gasteiger partial charge in [0.25, 0.3) is 5.69 Å². The third-order valence-corrected chi connectivity index (χ3v) is 6.14. The van der Waals surface area contributed by atoms with Crippen molar-refractivity contribution < 1.29 is 14.4 Å². The third kappa shape index (κ3) is 3.09. The van der Waals surface area contributed by atoms with Crippen LogP contribution < -0.4 is 14.8 Å². The molecule has 168 valence electrons. The molecule has 0 bridgehead atoms. The summed E-state index contributed by atoms with van der Waals surface area (Å²) in [5, 5.41) is 19.4. The number of nitrogens with one attached hydrogen (secondary N) is 1. The molecule has 2 aliphatic rings. The molecular weight excluding hydrogens is 434 g/mol. The largest absolute Gasteiger partial charge is 0.497 e. The van der Waals surface area contributed by atoms with Crippen LogP contribution in [0.2, 0.25) is 0 Å². The number of anilines is 1. The first kappa shape index (κ1) is 20.0. The molecule has 2 aliphatic heterocycles. The Kier molecular flexibility index (Phi) is 4.54. The van der Waals surface area contributed by atoms with Gasteiger partial charge in [0.15, 0.2) is 0 Å². The average Bonchev–Trinajstić information content (AvgIpc) is 3.35. The number of hydrogen-bond acceptors (Lipinski definition) is 7. The molecule has 0 fully saturated rings. The van der Waals surface area contributed by atoms with Crippen molar-refractivity contribution in [1.82, 2.24) is 14.8 Å². The van der Waals surface area contributed by atoms with Gasteiger partial charge in [0.05, 0.1) is 17.7 Å². The number of aromatic nitrogens is 3. The van der Waals surface area contributed by atoms with Crippen LogP contribution in [0.25, 0.3) is 5.70 Å². The zero-order chi connectivity index (χ0) is 23.2. The van der Waals surface area contributed by atoms with E-state index >= 15 is 0 Å². The van der Waals surface area contributed by atoms with Crippen molar-refractivity contribution in [3.05, 3.63) is 112 Å². The molecule has 1 N–H and O–H groups in total. The van der Waals surface area contributed by atoms with E-state index in [1.807, 2.05) is 59.3 Å². The lowest BCUT2D eigenvalue weighted by Crippen LogP contribution is -2.32. The van der Waals surface area contributed by atoms with E-state index in [4.69, 9.17) is 9.47 Å². The van der Waals surface area contributed by atoms with Crippen LogP contribution in [-0.4, -0.2) is 26.8 Å². The third-order valence-electron chi connectivity index (χ3n) is 6.14. The molecule has 0 unspecified atom stereocenters. The number of rotatable bonds is 4. The van der Waals surface area contributed by atoms with E-state index in [0.717, 1.165) is 28.1 Å². The van der Waals surface area contributed by atoms with Crippen LogP contribution in [0, 0.1) is 10.1 Å². The zero-order valence-corrected chi connectivity index (χ0v) is 18.1. The molecule has 0 saturated carbocycles. The lowest BCUT2D eigenvalue weighted by molar-refractivity contribution is -0.385. The van der Waals surface area contributed by atoms with Gasteiger partial charge in [0.2, 0.25) is 5.95 Å². The summed E-state index contributed by atoms with van der Waals surface area (Å²) in [5.74, 6) is 2.03. The number of methoxy groups -OCH3 is 1. The Hall–Kier alpha value is -4.66. The van der Waals surface area contributed by atoms with E-state index in [1.165, 1.54) is 12.4 Å². The van der Waals surface area contributed by atoms with Crippen LogP contribution in [0.5, 0.6) is 11.5 Å². The van der Waals surface area contributed by atoms with Crippen molar-refractivity contribution in [2.45, 2.75) is 12.1 Å². The number of fused-ring (bicyclic) bond motifs is 3. The smallest absolute Gasteiger partial charge is 0.269 e. The molecule has 0 saturated heterocycles. The maximum Gasteiger partial charge on any atom is 0.269 e. The first-order valence-electron chi connectivity index (χ1n) is 10.7. The summed E-state index contributed by atoms with van der Waals surface area (Å²) in [6.45, 7) is 0. The van der Waals surface area contributed by atoms with E-state index in [-0.39, 0.29) is 11.7 Å². The van der Waals surface area contributed by atoms with E-state index in [1.54, 1.807) is 19.2 Å². The molecule has 6 rings (SSSR count). The van der Waals surface area contributed by atoms with Crippen LogP contribution in [0.15, 0.2) is 84.7 Å². The number of ether oxygens (including phenoxy) is 2. The number of non-ortho nitro benzene ring substituents is 1. The molecule has 9 nitrogen and oxygen atoms in total. The molecule has 1 aromatic heterocycles. The summed E-state index contributed by atoms with van der Waals surface area (Å²) in [5.41, 5.74) is 4.29. The van der Waals surface area contributed by atoms with Gasteiger partial charge in [0, 0.05) is 28.8 Å². The Morgan fingerprint density at radius 3 is 2.68 bits per heavy atom. The van der Waals surface area contributed by atoms with Crippen LogP contribution in [0.1, 0.15) is 28.8 Å². The summed E-state index contributed by atoms with van der Waals surface area (Å²) in [4.78, 5) is 15.5. The number of nitrogens with zero attached hydrogens (tertiary/aromatic N) is 4. The molecule has 0 amide bonds. The van der Waals surface area contributed by atoms with Gasteiger partial charge >= 0.3 is 0 Å². The van der Waals surface area contributed by atoms with Crippen LogP contribution in [-0.2, 0) is 0 Å². The van der Waals surface area contributed by atoms with Gasteiger partial charge in [-0.05, 0) is 29.8 Å². The molecule has 0 spiro atoms. The molecule has 2 atom stereocenters. The summed E-state index contributed by atoms with van der Waals surface area (Å²) >= 11 is 0. The highest BCUT2D eigenvalue weighted by Crippen LogP contribution is 2.50. The van der Waals surface area contributed by atoms with Crippen molar-refractivity contribution in [2.75, 3.05) is 12.4 Å². The molecular formula is C25H19N5O4. The lowest BCUT2D eigenvalue weighted by atomic mass is 9.84. The second kappa shape index (κ2) is 7.73. The fourth-order valence-corrected chi connectivity index (χ4v) is 4.60. The number of nitro groups is 1. The number of nitro benzene ring substituents is 1. The van der Waals surface area contributed by atoms with E-state index in [2.05, 4.69) is 15.4 Å². The molecule has 9 heteroatoms. The minimum Gasteiger partial charge on any atom is -0.497 e. The van der Waals surface area contributed by atoms with Crippen molar-refractivity contribution in [3.63, 3.8) is 0 Å². The summed E-state index contributed by atoms with van der Waals surface area (Å²) in [6, 6.07) is 21.7. The Balaban J connectivity index is 1.60. The van der Waals surface area contributed by atoms with Crippen LogP contribution >= 0.6 is 0 Å². The predicted molar refractivity (Wildman–Crippen MR) is 125 cm³/mol. The molecule has 3 aromatic carbocycles. The number of para-hydroxylation sites is 1. The highest BCUT2D eigenvalue weighted by Gasteiger charge is 2.41. The fourth-order valence-electron chi connectivity index (χ4n) is 4.60. The quantitative estimate of drug-likeness (QED) is 0.351. The highest BCUT2D eigenvalue weighted by molar-refractivity contribution is 5.85. The van der Waals surface area contributed by atoms with Gasteiger partial charge in [-0.2, -0.15) is 10.1 Å². The Morgan fingerprint density at radius 2 is 1.88 bits per heavy atom. The first-order chi connectivity index (χ1) is 16.6. The van der Waals surface area contributed by atoms with E-state index in [0.29, 0.717) is 17.3 Å². The molecule has 0 radical (unpaired) electrons. The average molecular weight is 453 g/mol. The van der Waals surface area contributed by atoms with E-state index in [9.17, 15) is 10.1 Å². The minimum atomic E-state index is -0.582. The molecule has 0 aliphatic carbocycles. The Labute approximate surface area is 194 Å². The molecule has 34 heavy (non-hydrogen) atoms. The maximum absolute atomic E-state index is 11.5. The fraction of sp³-hybridized carbons (Fsp3) is 0.120. The topological polar surface area (TPSA) is 104 Å². The van der Waals surface area contributed by atoms with Crippen molar-refractivity contribution in [2.24, 2.45) is 0 Å². The van der Waals surface area contributed by atoms with Gasteiger partial charge in [-0.1, -0.05) is 36.4 Å². The summed E-state index contributed by atoms with van der Waals surface area (Å²) in [6.07, 6.45) is 0.925. The number of benzene rings is 3. The van der Waals surface area contributed by atoms with Crippen LogP contribution in [0.3, 0.4) is 0 Å². The minimum absolute atomic E-state index is 0.00770. The van der Waals surface area contributed by atoms with Crippen LogP contribution in [0.4, 0.5) is 11.6 Å². The van der Waals surface area contributed by atoms with Crippen molar-refractivity contribution in [3.8, 4) is 11.5 Å². The Morgan fingerprint density at radius 1 is 1.06 bits per heavy atom. The monoisotopic (exact) mass is 453 g/mol. The lowest BCUT2D eigenvalue weighted by Gasteiger charge is -2.38. The van der Waals surface area contributed by atoms with E-state index < -0.39 is 11.0 Å². The predicted octanol–water partition coefficient (Wildman–Crippen LogP) is 4.75. The summed E-state index contributed by atoms with van der Waals surface area (Å²) in [7, 11) is 1.62. The van der Waals surface area contributed by atoms with Gasteiger partial charge in [-0.3, -0.25) is 10.1 Å². The van der Waals surface area contributed by atoms with Gasteiger partial charge in [0.1, 0.15) is 30.0 Å². The number of hydrogen-bond donors (Lipinski definition) is 1. The van der Waals surface area contributed by atoms with Crippen molar-refractivity contribution in [1.29, 1.82) is 0 Å². The Bertz CT molecular complexity index is 1440. The normalized spacial score (nSPS) is 18.1. The van der Waals surface area contributed by atoms with Gasteiger partial charge in [-0.25, -0.2) is 4.68 Å². The van der Waals surface area contributed by atoms with Gasteiger partial charge in [-0.15, -0.1) is 0 Å². The first-order valence-corrected chi connectivity index (χ1v) is 10.7. The second-order valence-corrected chi connectivity index (χ2v) is 8.01. The van der Waals surface area contributed by atoms with Crippen molar-refractivity contribution >= 4 is 17.3 Å². The standard InChI is InChI=1S/C25H19N5O4/c1-33-18-11-9-15(10-12-18)23-21-22(28-25-26-14-27-29(23)25)19-7-2-3-8-20(19)34-24(21)16-5-4-6-17(13-16)30(31)32/h2-14,23-24H,1H3,(H,26,27,28)/t23-,24+/m1/s1. The zero-order valence-electron chi connectivity index (χ0n) is 18.1. The molecule has 3 heterocycles. The second-order valence-electron chi connectivity index (χ2n) is 8.01. The van der Waals surface area contributed by atoms with Gasteiger partial charge < -0.3 is 14.8 Å². The SMILES string of the molecule is COc1ccc([C@@H]2C3=C(Nc4ncnn42)c2ccccc2O[C@H]3c2cccc([N+](=O)[O-])c2)cc1. The highest BCUT2D eigenvalue weighted by atomic mass is 16.6. The summed E-state index contributed by atoms with van der Waals surface area (Å²) < 4.78 is 13.7. The maximum atomic E-state index is 11.5.